The van der Waals surface area contributed by atoms with Gasteiger partial charge in [-0.05, 0) is 31.3 Å². The fourth-order valence-electron chi connectivity index (χ4n) is 1.75. The van der Waals surface area contributed by atoms with Gasteiger partial charge < -0.3 is 9.72 Å². The van der Waals surface area contributed by atoms with Crippen molar-refractivity contribution in [2.24, 2.45) is 0 Å². The summed E-state index contributed by atoms with van der Waals surface area (Å²) >= 11 is 10.9. The molecular weight excluding hydrogens is 284 g/mol. The molecule has 0 aliphatic heterocycles. The summed E-state index contributed by atoms with van der Waals surface area (Å²) < 4.78 is 5.89. The Labute approximate surface area is 120 Å². The van der Waals surface area contributed by atoms with E-state index >= 15 is 0 Å². The molecule has 0 aliphatic rings. The molecule has 0 spiro atoms. The number of hydrogen-bond donors (Lipinski definition) is 2. The summed E-state index contributed by atoms with van der Waals surface area (Å²) in [7, 11) is 0. The number of H-pyrrole nitrogens is 2. The van der Waals surface area contributed by atoms with E-state index in [1.807, 2.05) is 19.1 Å². The lowest BCUT2D eigenvalue weighted by Gasteiger charge is -2.08. The molecular formula is C13H13ClN2O2S. The van der Waals surface area contributed by atoms with Crippen LogP contribution in [0.15, 0.2) is 29.1 Å². The first kappa shape index (κ1) is 13.8. The van der Waals surface area contributed by atoms with E-state index in [9.17, 15) is 4.79 Å². The van der Waals surface area contributed by atoms with Crippen LogP contribution in [0.1, 0.15) is 11.3 Å². The number of halogens is 1. The lowest BCUT2D eigenvalue weighted by atomic mass is 10.2. The highest BCUT2D eigenvalue weighted by molar-refractivity contribution is 7.71. The number of ether oxygens (including phenoxy) is 1. The van der Waals surface area contributed by atoms with Gasteiger partial charge in [-0.3, -0.25) is 9.78 Å². The molecule has 0 bridgehead atoms. The molecule has 4 nitrogen and oxygen atoms in total. The van der Waals surface area contributed by atoms with E-state index in [-0.39, 0.29) is 5.56 Å². The first-order valence-electron chi connectivity index (χ1n) is 5.77. The summed E-state index contributed by atoms with van der Waals surface area (Å²) in [6.07, 6.45) is 0.485. The van der Waals surface area contributed by atoms with Crippen LogP contribution < -0.4 is 10.3 Å². The van der Waals surface area contributed by atoms with Gasteiger partial charge in [-0.25, -0.2) is 0 Å². The largest absolute Gasteiger partial charge is 0.492 e. The highest BCUT2D eigenvalue weighted by atomic mass is 35.5. The van der Waals surface area contributed by atoms with Gasteiger partial charge in [0.05, 0.1) is 11.6 Å². The first-order chi connectivity index (χ1) is 9.08. The molecule has 6 heteroatoms. The minimum Gasteiger partial charge on any atom is -0.492 e. The number of rotatable bonds is 4. The summed E-state index contributed by atoms with van der Waals surface area (Å²) in [5.41, 5.74) is 1.22. The summed E-state index contributed by atoms with van der Waals surface area (Å²) in [6.45, 7) is 2.19. The van der Waals surface area contributed by atoms with Crippen LogP contribution in [0.25, 0.3) is 0 Å². The number of hydrogen-bond acceptors (Lipinski definition) is 3. The van der Waals surface area contributed by atoms with E-state index in [2.05, 4.69) is 9.97 Å². The topological polar surface area (TPSA) is 57.9 Å². The molecule has 2 N–H and O–H groups in total. The number of aromatic amines is 2. The van der Waals surface area contributed by atoms with Crippen molar-refractivity contribution in [3.63, 3.8) is 0 Å². The molecule has 0 atom stereocenters. The predicted molar refractivity (Wildman–Crippen MR) is 77.6 cm³/mol. The number of aryl methyl sites for hydroxylation is 1. The summed E-state index contributed by atoms with van der Waals surface area (Å²) in [5, 5.41) is 0.556. The van der Waals surface area contributed by atoms with Gasteiger partial charge in [0.25, 0.3) is 5.56 Å². The lowest BCUT2D eigenvalue weighted by Crippen LogP contribution is -2.18. The number of benzene rings is 1. The molecule has 0 saturated carbocycles. The Kier molecular flexibility index (Phi) is 4.39. The number of nitrogens with one attached hydrogen (secondary N) is 2. The van der Waals surface area contributed by atoms with Crippen molar-refractivity contribution in [2.45, 2.75) is 13.3 Å². The molecule has 1 heterocycles. The molecule has 0 unspecified atom stereocenters. The fourth-order valence-corrected chi connectivity index (χ4v) is 2.19. The highest BCUT2D eigenvalue weighted by Crippen LogP contribution is 2.23. The highest BCUT2D eigenvalue weighted by Gasteiger charge is 2.06. The molecule has 2 rings (SSSR count). The van der Waals surface area contributed by atoms with Crippen LogP contribution in [0.4, 0.5) is 0 Å². The normalized spacial score (nSPS) is 10.4. The van der Waals surface area contributed by atoms with Crippen LogP contribution in [-0.4, -0.2) is 16.6 Å². The van der Waals surface area contributed by atoms with Crippen molar-refractivity contribution >= 4 is 23.8 Å². The molecule has 0 radical (unpaired) electrons. The van der Waals surface area contributed by atoms with Gasteiger partial charge in [0.1, 0.15) is 5.75 Å². The molecule has 100 valence electrons. The zero-order valence-corrected chi connectivity index (χ0v) is 11.9. The molecule has 0 aliphatic carbocycles. The Morgan fingerprint density at radius 2 is 2.05 bits per heavy atom. The van der Waals surface area contributed by atoms with Gasteiger partial charge in [-0.1, -0.05) is 23.7 Å². The Morgan fingerprint density at radius 3 is 2.74 bits per heavy atom. The van der Waals surface area contributed by atoms with Crippen molar-refractivity contribution in [3.8, 4) is 5.75 Å². The van der Waals surface area contributed by atoms with Gasteiger partial charge in [0.2, 0.25) is 0 Å². The minimum absolute atomic E-state index is 0.177. The Morgan fingerprint density at radius 1 is 1.32 bits per heavy atom. The second kappa shape index (κ2) is 6.04. The maximum Gasteiger partial charge on any atom is 0.255 e. The average molecular weight is 297 g/mol. The Bertz CT molecular complexity index is 694. The van der Waals surface area contributed by atoms with Gasteiger partial charge in [-0.2, -0.15) is 0 Å². The predicted octanol–water partition coefficient (Wildman–Crippen LogP) is 3.02. The number of para-hydroxylation sites is 1. The van der Waals surface area contributed by atoms with E-state index in [1.54, 1.807) is 12.1 Å². The lowest BCUT2D eigenvalue weighted by molar-refractivity contribution is 0.321. The van der Waals surface area contributed by atoms with Crippen LogP contribution in [-0.2, 0) is 6.42 Å². The van der Waals surface area contributed by atoms with E-state index in [0.29, 0.717) is 34.1 Å². The summed E-state index contributed by atoms with van der Waals surface area (Å²) in [5.74, 6) is 0.613. The zero-order valence-electron chi connectivity index (χ0n) is 10.3. The van der Waals surface area contributed by atoms with Gasteiger partial charge in [0.15, 0.2) is 4.77 Å². The SMILES string of the molecule is Cc1[nH]c(=S)[nH]c(=O)c1CCOc1ccccc1Cl. The van der Waals surface area contributed by atoms with E-state index in [4.69, 9.17) is 28.6 Å². The Balaban J connectivity index is 2.07. The van der Waals surface area contributed by atoms with Crippen molar-refractivity contribution in [2.75, 3.05) is 6.61 Å². The van der Waals surface area contributed by atoms with Crippen LogP contribution in [0.5, 0.6) is 5.75 Å². The minimum atomic E-state index is -0.177. The zero-order chi connectivity index (χ0) is 13.8. The van der Waals surface area contributed by atoms with Gasteiger partial charge in [-0.15, -0.1) is 0 Å². The molecule has 0 fully saturated rings. The third-order valence-corrected chi connectivity index (χ3v) is 3.22. The van der Waals surface area contributed by atoms with Crippen LogP contribution in [0, 0.1) is 11.7 Å². The standard InChI is InChI=1S/C13H13ClN2O2S/c1-8-9(12(17)16-13(19)15-8)6-7-18-11-5-3-2-4-10(11)14/h2-5H,6-7H2,1H3,(H2,15,16,17,19). The second-order valence-corrected chi connectivity index (χ2v) is 4.86. The van der Waals surface area contributed by atoms with Crippen molar-refractivity contribution in [3.05, 3.63) is 55.7 Å². The summed E-state index contributed by atoms with van der Waals surface area (Å²) in [6, 6.07) is 7.23. The van der Waals surface area contributed by atoms with Crippen LogP contribution >= 0.6 is 23.8 Å². The van der Waals surface area contributed by atoms with E-state index in [1.165, 1.54) is 0 Å². The smallest absolute Gasteiger partial charge is 0.255 e. The monoisotopic (exact) mass is 296 g/mol. The third-order valence-electron chi connectivity index (χ3n) is 2.70. The van der Waals surface area contributed by atoms with Crippen LogP contribution in [0.3, 0.4) is 0 Å². The van der Waals surface area contributed by atoms with E-state index < -0.39 is 0 Å². The maximum atomic E-state index is 11.7. The second-order valence-electron chi connectivity index (χ2n) is 4.04. The summed E-state index contributed by atoms with van der Waals surface area (Å²) in [4.78, 5) is 17.2. The molecule has 0 saturated heterocycles. The molecule has 1 aromatic heterocycles. The van der Waals surface area contributed by atoms with Gasteiger partial charge >= 0.3 is 0 Å². The van der Waals surface area contributed by atoms with Crippen molar-refractivity contribution < 1.29 is 4.74 Å². The molecule has 1 aromatic carbocycles. The average Bonchev–Trinajstić information content (AvgIpc) is 2.34. The quantitative estimate of drug-likeness (QED) is 0.853. The van der Waals surface area contributed by atoms with Gasteiger partial charge in [0, 0.05) is 17.7 Å². The first-order valence-corrected chi connectivity index (χ1v) is 6.56. The maximum absolute atomic E-state index is 11.7. The number of aromatic nitrogens is 2. The van der Waals surface area contributed by atoms with E-state index in [0.717, 1.165) is 5.69 Å². The van der Waals surface area contributed by atoms with Crippen LogP contribution in [0.2, 0.25) is 5.02 Å². The molecule has 2 aromatic rings. The Hall–Kier alpha value is -1.59. The molecule has 19 heavy (non-hydrogen) atoms. The molecule has 0 amide bonds. The fraction of sp³-hybridized carbons (Fsp3) is 0.231. The van der Waals surface area contributed by atoms with Crippen molar-refractivity contribution in [1.82, 2.24) is 9.97 Å². The third kappa shape index (κ3) is 3.45. The van der Waals surface area contributed by atoms with Crippen molar-refractivity contribution in [1.29, 1.82) is 0 Å².